The molecule has 2 aromatic rings. The highest BCUT2D eigenvalue weighted by Crippen LogP contribution is 2.69. The molecule has 2 aliphatic carbocycles. The fourth-order valence-corrected chi connectivity index (χ4v) is 8.34. The van der Waals surface area contributed by atoms with Gasteiger partial charge in [0.2, 0.25) is 15.7 Å². The van der Waals surface area contributed by atoms with Gasteiger partial charge in [-0.15, -0.1) is 0 Å². The number of sulfonamides is 1. The fraction of sp³-hybridized carbons (Fsp3) is 0.500. The van der Waals surface area contributed by atoms with Gasteiger partial charge in [-0.05, 0) is 37.8 Å². The van der Waals surface area contributed by atoms with Crippen LogP contribution >= 0.6 is 11.6 Å². The predicted octanol–water partition coefficient (Wildman–Crippen LogP) is 5.85. The lowest BCUT2D eigenvalue weighted by atomic mass is 9.74. The molecule has 5 nitrogen and oxygen atoms in total. The van der Waals surface area contributed by atoms with E-state index in [-0.39, 0.29) is 45.9 Å². The summed E-state index contributed by atoms with van der Waals surface area (Å²) in [5.74, 6) is -6.19. The monoisotopic (exact) mass is 600 g/mol. The van der Waals surface area contributed by atoms with E-state index in [0.29, 0.717) is 39.0 Å². The van der Waals surface area contributed by atoms with Gasteiger partial charge in [0.15, 0.2) is 0 Å². The van der Waals surface area contributed by atoms with Crippen molar-refractivity contribution < 1.29 is 35.1 Å². The van der Waals surface area contributed by atoms with Gasteiger partial charge in [0, 0.05) is 66.0 Å². The van der Waals surface area contributed by atoms with Crippen molar-refractivity contribution in [1.29, 1.82) is 0 Å². The number of hydrogen-bond donors (Lipinski definition) is 0. The third-order valence-corrected chi connectivity index (χ3v) is 10.7. The summed E-state index contributed by atoms with van der Waals surface area (Å²) in [6, 6.07) is 1.98. The number of hydrogen-bond acceptors (Lipinski definition) is 4. The minimum Gasteiger partial charge on any atom is -0.485 e. The Morgan fingerprint density at radius 3 is 2.38 bits per heavy atom. The Morgan fingerprint density at radius 2 is 1.77 bits per heavy atom. The van der Waals surface area contributed by atoms with Crippen LogP contribution in [0.5, 0.6) is 5.75 Å². The van der Waals surface area contributed by atoms with E-state index in [2.05, 4.69) is 6.58 Å². The third kappa shape index (κ3) is 3.35. The van der Waals surface area contributed by atoms with Crippen molar-refractivity contribution in [3.05, 3.63) is 63.2 Å². The zero-order valence-electron chi connectivity index (χ0n) is 21.8. The van der Waals surface area contributed by atoms with Crippen molar-refractivity contribution in [2.45, 2.75) is 49.9 Å². The molecular formula is C28H26ClF5N2O3S. The molecule has 2 atom stereocenters. The van der Waals surface area contributed by atoms with Crippen molar-refractivity contribution >= 4 is 21.6 Å². The molecule has 0 radical (unpaired) electrons. The normalized spacial score (nSPS) is 28.4. The molecule has 3 fully saturated rings. The number of likely N-dealkylation sites (tertiary alicyclic amines) is 1. The first-order valence-electron chi connectivity index (χ1n) is 13.1. The van der Waals surface area contributed by atoms with E-state index in [1.165, 1.54) is 11.2 Å². The van der Waals surface area contributed by atoms with Gasteiger partial charge in [-0.3, -0.25) is 4.90 Å². The van der Waals surface area contributed by atoms with Crippen molar-refractivity contribution in [2.24, 2.45) is 5.41 Å². The zero-order valence-corrected chi connectivity index (χ0v) is 23.3. The van der Waals surface area contributed by atoms with Crippen LogP contribution in [0.3, 0.4) is 0 Å². The second-order valence-electron chi connectivity index (χ2n) is 12.1. The summed E-state index contributed by atoms with van der Waals surface area (Å²) < 4.78 is 109. The largest absolute Gasteiger partial charge is 0.485 e. The van der Waals surface area contributed by atoms with Crippen LogP contribution in [-0.2, 0) is 28.2 Å². The molecule has 4 bridgehead atoms. The van der Waals surface area contributed by atoms with E-state index in [0.717, 1.165) is 18.4 Å². The van der Waals surface area contributed by atoms with E-state index in [4.69, 9.17) is 16.3 Å². The number of alkyl halides is 3. The maximum absolute atomic E-state index is 16.2. The average Bonchev–Trinajstić information content (AvgIpc) is 3.62. The second kappa shape index (κ2) is 7.99. The summed E-state index contributed by atoms with van der Waals surface area (Å²) >= 11 is 6.56. The summed E-state index contributed by atoms with van der Waals surface area (Å²) in [7, 11) is -3.26. The Bertz CT molecular complexity index is 1630. The molecule has 0 amide bonds. The number of rotatable bonds is 5. The molecule has 3 heterocycles. The SMILES string of the molecule is C=C1C(C)Oc2c3cc(-c4c(F)cc(CN5CC6(C5)CN(S(C)(=O)=O)C6)c(F)c4C4CC4)c(Cl)c2C1(F)C3(F)F. The van der Waals surface area contributed by atoms with Crippen molar-refractivity contribution in [3.63, 3.8) is 0 Å². The number of ether oxygens (including phenoxy) is 1. The van der Waals surface area contributed by atoms with Crippen LogP contribution in [0.2, 0.25) is 5.02 Å². The van der Waals surface area contributed by atoms with Gasteiger partial charge in [-0.2, -0.15) is 8.78 Å². The van der Waals surface area contributed by atoms with Crippen molar-refractivity contribution in [1.82, 2.24) is 9.21 Å². The Balaban J connectivity index is 1.26. The highest BCUT2D eigenvalue weighted by Gasteiger charge is 2.70. The van der Waals surface area contributed by atoms with Crippen LogP contribution in [0.25, 0.3) is 11.1 Å². The summed E-state index contributed by atoms with van der Waals surface area (Å²) in [5, 5.41) is -0.440. The van der Waals surface area contributed by atoms with Gasteiger partial charge in [0.05, 0.1) is 22.4 Å². The number of benzene rings is 2. The minimum atomic E-state index is -4.04. The standard InChI is InChI=1S/C28H26ClF5N2O3S/c1-13-14(2)39-25-18-7-17(23(29)22(25)27(13,32)28(18,33)34)21-19(30)6-16(24(31)20(21)15-4-5-15)8-35-9-26(10-35)11-36(12-26)40(3,37)38/h6-7,14-15H,1,4-5,8-12H2,2-3H3. The van der Waals surface area contributed by atoms with Gasteiger partial charge >= 0.3 is 5.92 Å². The molecule has 2 saturated heterocycles. The van der Waals surface area contributed by atoms with Gasteiger partial charge in [0.25, 0.3) is 0 Å². The molecule has 40 heavy (non-hydrogen) atoms. The van der Waals surface area contributed by atoms with Crippen LogP contribution in [-0.4, -0.2) is 56.2 Å². The summed E-state index contributed by atoms with van der Waals surface area (Å²) in [5.41, 5.74) is -5.56. The lowest BCUT2D eigenvalue weighted by Crippen LogP contribution is -2.72. The van der Waals surface area contributed by atoms with Gasteiger partial charge in [0.1, 0.15) is 23.5 Å². The number of nitrogens with zero attached hydrogens (tertiary/aromatic N) is 2. The topological polar surface area (TPSA) is 49.9 Å². The summed E-state index contributed by atoms with van der Waals surface area (Å²) in [6.45, 7) is 6.96. The molecule has 3 aliphatic heterocycles. The Kier molecular flexibility index (Phi) is 5.33. The lowest BCUT2D eigenvalue weighted by molar-refractivity contribution is -0.126. The van der Waals surface area contributed by atoms with Crippen LogP contribution < -0.4 is 4.74 Å². The molecule has 12 heteroatoms. The Labute approximate surface area is 233 Å². The van der Waals surface area contributed by atoms with E-state index in [1.807, 2.05) is 4.90 Å². The smallest absolute Gasteiger partial charge is 0.318 e. The lowest BCUT2D eigenvalue weighted by Gasteiger charge is -2.59. The first kappa shape index (κ1) is 26.7. The molecule has 1 spiro atoms. The molecule has 0 N–H and O–H groups in total. The molecule has 214 valence electrons. The van der Waals surface area contributed by atoms with E-state index >= 15 is 22.0 Å². The summed E-state index contributed by atoms with van der Waals surface area (Å²) in [6.07, 6.45) is 1.33. The van der Waals surface area contributed by atoms with Crippen LogP contribution in [0.1, 0.15) is 47.9 Å². The molecule has 7 rings (SSSR count). The quantitative estimate of drug-likeness (QED) is 0.319. The summed E-state index contributed by atoms with van der Waals surface area (Å²) in [4.78, 5) is 1.92. The third-order valence-electron chi connectivity index (χ3n) is 9.15. The van der Waals surface area contributed by atoms with Gasteiger partial charge in [-0.25, -0.2) is 25.9 Å². The maximum Gasteiger partial charge on any atom is 0.318 e. The Hall–Kier alpha value is -2.21. The second-order valence-corrected chi connectivity index (χ2v) is 14.4. The predicted molar refractivity (Wildman–Crippen MR) is 139 cm³/mol. The average molecular weight is 601 g/mol. The van der Waals surface area contributed by atoms with Gasteiger partial charge < -0.3 is 4.74 Å². The maximum atomic E-state index is 16.2. The van der Waals surface area contributed by atoms with Crippen LogP contribution in [0.4, 0.5) is 22.0 Å². The first-order chi connectivity index (χ1) is 18.6. The van der Waals surface area contributed by atoms with Crippen LogP contribution in [0, 0.1) is 17.0 Å². The molecule has 2 unspecified atom stereocenters. The Morgan fingerprint density at radius 1 is 1.12 bits per heavy atom. The highest BCUT2D eigenvalue weighted by molar-refractivity contribution is 7.88. The van der Waals surface area contributed by atoms with Crippen LogP contribution in [0.15, 0.2) is 24.3 Å². The molecule has 5 aliphatic rings. The molecule has 0 aromatic heterocycles. The van der Waals surface area contributed by atoms with Crippen molar-refractivity contribution in [3.8, 4) is 16.9 Å². The van der Waals surface area contributed by atoms with Crippen molar-refractivity contribution in [2.75, 3.05) is 32.4 Å². The molecular weight excluding hydrogens is 575 g/mol. The zero-order chi connectivity index (χ0) is 28.7. The first-order valence-corrected chi connectivity index (χ1v) is 15.3. The molecule has 2 aromatic carbocycles. The van der Waals surface area contributed by atoms with Gasteiger partial charge in [-0.1, -0.05) is 18.2 Å². The molecule has 1 saturated carbocycles. The van der Waals surface area contributed by atoms with E-state index < -0.39 is 61.1 Å². The highest BCUT2D eigenvalue weighted by atomic mass is 35.5. The number of halogens is 6. The van der Waals surface area contributed by atoms with E-state index in [9.17, 15) is 8.42 Å². The van der Waals surface area contributed by atoms with E-state index in [1.54, 1.807) is 0 Å². The fourth-order valence-electron chi connectivity index (χ4n) is 6.96. The minimum absolute atomic E-state index is 0.0588.